The topological polar surface area (TPSA) is 35.2 Å². The minimum atomic E-state index is 0.0686. The van der Waals surface area contributed by atoms with Crippen molar-refractivity contribution in [3.63, 3.8) is 0 Å². The number of thioether (sulfide) groups is 1. The summed E-state index contributed by atoms with van der Waals surface area (Å²) >= 11 is 5.38. The highest BCUT2D eigenvalue weighted by molar-refractivity contribution is 9.10. The smallest absolute Gasteiger partial charge is 0.119 e. The Hall–Kier alpha value is -0.970. The maximum atomic E-state index is 5.92. The molecule has 0 saturated heterocycles. The first-order chi connectivity index (χ1) is 9.60. The Morgan fingerprint density at radius 1 is 1.25 bits per heavy atom. The summed E-state index contributed by atoms with van der Waals surface area (Å²) in [6.07, 6.45) is 0. The molecule has 0 aliphatic rings. The van der Waals surface area contributed by atoms with Crippen LogP contribution in [-0.2, 0) is 5.75 Å². The second kappa shape index (κ2) is 7.16. The Bertz CT molecular complexity index is 586. The van der Waals surface area contributed by atoms with Crippen LogP contribution in [0.15, 0.2) is 51.8 Å². The normalized spacial score (nSPS) is 12.2. The van der Waals surface area contributed by atoms with Crippen LogP contribution in [0.4, 0.5) is 0 Å². The van der Waals surface area contributed by atoms with Gasteiger partial charge in [-0.3, -0.25) is 0 Å². The van der Waals surface area contributed by atoms with Gasteiger partial charge >= 0.3 is 0 Å². The van der Waals surface area contributed by atoms with Gasteiger partial charge in [0.05, 0.1) is 7.11 Å². The molecule has 2 rings (SSSR count). The minimum absolute atomic E-state index is 0.0686. The van der Waals surface area contributed by atoms with Crippen molar-refractivity contribution in [2.75, 3.05) is 7.11 Å². The van der Waals surface area contributed by atoms with Crippen molar-refractivity contribution in [3.8, 4) is 5.75 Å². The molecule has 2 aromatic carbocycles. The van der Waals surface area contributed by atoms with Crippen molar-refractivity contribution in [3.05, 3.63) is 58.1 Å². The second-order valence-corrected chi connectivity index (χ2v) is 6.51. The molecule has 1 unspecified atom stereocenters. The van der Waals surface area contributed by atoms with Crippen LogP contribution in [0.5, 0.6) is 5.75 Å². The highest BCUT2D eigenvalue weighted by Crippen LogP contribution is 2.30. The third-order valence-corrected chi connectivity index (χ3v) is 4.85. The second-order valence-electron chi connectivity index (χ2n) is 4.61. The number of halogens is 1. The van der Waals surface area contributed by atoms with Gasteiger partial charge in [0.25, 0.3) is 0 Å². The van der Waals surface area contributed by atoms with Gasteiger partial charge in [-0.25, -0.2) is 0 Å². The average molecular weight is 352 g/mol. The Balaban J connectivity index is 2.10. The van der Waals surface area contributed by atoms with Gasteiger partial charge in [0.15, 0.2) is 0 Å². The molecular weight excluding hydrogens is 334 g/mol. The summed E-state index contributed by atoms with van der Waals surface area (Å²) in [5, 5.41) is 0. The first-order valence-electron chi connectivity index (χ1n) is 6.41. The maximum absolute atomic E-state index is 5.92. The molecule has 2 aromatic rings. The van der Waals surface area contributed by atoms with Gasteiger partial charge in [-0.2, -0.15) is 0 Å². The molecule has 2 N–H and O–H groups in total. The number of hydrogen-bond donors (Lipinski definition) is 1. The summed E-state index contributed by atoms with van der Waals surface area (Å²) in [5.74, 6) is 1.77. The van der Waals surface area contributed by atoms with E-state index in [0.717, 1.165) is 16.0 Å². The molecule has 0 heterocycles. The number of benzene rings is 2. The number of nitrogens with two attached hydrogens (primary N) is 1. The molecule has 0 bridgehead atoms. The van der Waals surface area contributed by atoms with E-state index < -0.39 is 0 Å². The van der Waals surface area contributed by atoms with Gasteiger partial charge in [-0.05, 0) is 48.4 Å². The van der Waals surface area contributed by atoms with Gasteiger partial charge < -0.3 is 10.5 Å². The van der Waals surface area contributed by atoms with Crippen LogP contribution in [0.3, 0.4) is 0 Å². The highest BCUT2D eigenvalue weighted by atomic mass is 79.9. The quantitative estimate of drug-likeness (QED) is 0.788. The molecule has 0 saturated carbocycles. The zero-order chi connectivity index (χ0) is 14.5. The summed E-state index contributed by atoms with van der Waals surface area (Å²) in [6, 6.07) is 14.5. The Labute approximate surface area is 132 Å². The van der Waals surface area contributed by atoms with E-state index in [1.165, 1.54) is 16.0 Å². The van der Waals surface area contributed by atoms with Crippen LogP contribution in [0.2, 0.25) is 0 Å². The summed E-state index contributed by atoms with van der Waals surface area (Å²) in [6.45, 7) is 2.00. The third-order valence-electron chi connectivity index (χ3n) is 3.03. The molecule has 4 heteroatoms. The lowest BCUT2D eigenvalue weighted by Gasteiger charge is -2.09. The fourth-order valence-electron chi connectivity index (χ4n) is 1.84. The van der Waals surface area contributed by atoms with Gasteiger partial charge in [0, 0.05) is 21.2 Å². The standard InChI is InChI=1S/C16H18BrNOS/c1-11(18)12-4-3-5-15(9-12)20-10-13-8-14(19-2)6-7-16(13)17/h3-9,11H,10,18H2,1-2H3. The lowest BCUT2D eigenvalue weighted by Crippen LogP contribution is -2.04. The number of ether oxygens (including phenoxy) is 1. The molecule has 0 aromatic heterocycles. The summed E-state index contributed by atoms with van der Waals surface area (Å²) < 4.78 is 6.37. The maximum Gasteiger partial charge on any atom is 0.119 e. The lowest BCUT2D eigenvalue weighted by molar-refractivity contribution is 0.414. The molecule has 106 valence electrons. The monoisotopic (exact) mass is 351 g/mol. The highest BCUT2D eigenvalue weighted by Gasteiger charge is 2.05. The van der Waals surface area contributed by atoms with Crippen LogP contribution in [0.1, 0.15) is 24.1 Å². The molecule has 0 spiro atoms. The van der Waals surface area contributed by atoms with Crippen molar-refractivity contribution in [1.29, 1.82) is 0 Å². The van der Waals surface area contributed by atoms with E-state index in [-0.39, 0.29) is 6.04 Å². The minimum Gasteiger partial charge on any atom is -0.497 e. The summed E-state index contributed by atoms with van der Waals surface area (Å²) in [4.78, 5) is 1.23. The predicted octanol–water partition coefficient (Wildman–Crippen LogP) is 4.77. The first kappa shape index (κ1) is 15.4. The van der Waals surface area contributed by atoms with Crippen molar-refractivity contribution in [2.45, 2.75) is 23.6 Å². The SMILES string of the molecule is COc1ccc(Br)c(CSc2cccc(C(C)N)c2)c1. The van der Waals surface area contributed by atoms with Crippen LogP contribution in [0.25, 0.3) is 0 Å². The Morgan fingerprint density at radius 3 is 2.75 bits per heavy atom. The van der Waals surface area contributed by atoms with Crippen molar-refractivity contribution in [1.82, 2.24) is 0 Å². The third kappa shape index (κ3) is 4.01. The van der Waals surface area contributed by atoms with E-state index in [0.29, 0.717) is 0 Å². The van der Waals surface area contributed by atoms with Crippen LogP contribution in [-0.4, -0.2) is 7.11 Å². The van der Waals surface area contributed by atoms with E-state index >= 15 is 0 Å². The van der Waals surface area contributed by atoms with Crippen molar-refractivity contribution < 1.29 is 4.74 Å². The van der Waals surface area contributed by atoms with Crippen LogP contribution >= 0.6 is 27.7 Å². The van der Waals surface area contributed by atoms with Gasteiger partial charge in [-0.15, -0.1) is 11.8 Å². The first-order valence-corrected chi connectivity index (χ1v) is 8.19. The molecule has 0 radical (unpaired) electrons. The lowest BCUT2D eigenvalue weighted by atomic mass is 10.1. The Morgan fingerprint density at radius 2 is 2.05 bits per heavy atom. The molecule has 1 atom stereocenters. The van der Waals surface area contributed by atoms with E-state index in [4.69, 9.17) is 10.5 Å². The number of rotatable bonds is 5. The average Bonchev–Trinajstić information content (AvgIpc) is 2.46. The Kier molecular flexibility index (Phi) is 5.52. The summed E-state index contributed by atoms with van der Waals surface area (Å²) in [7, 11) is 1.69. The molecule has 0 amide bonds. The molecule has 0 aliphatic carbocycles. The van der Waals surface area contributed by atoms with Gasteiger partial charge in [0.2, 0.25) is 0 Å². The van der Waals surface area contributed by atoms with E-state index in [1.807, 2.05) is 19.1 Å². The van der Waals surface area contributed by atoms with Crippen LogP contribution in [0, 0.1) is 0 Å². The fraction of sp³-hybridized carbons (Fsp3) is 0.250. The van der Waals surface area contributed by atoms with E-state index in [1.54, 1.807) is 18.9 Å². The molecule has 20 heavy (non-hydrogen) atoms. The van der Waals surface area contributed by atoms with Crippen molar-refractivity contribution in [2.24, 2.45) is 5.73 Å². The number of methoxy groups -OCH3 is 1. The van der Waals surface area contributed by atoms with E-state index in [2.05, 4.69) is 46.3 Å². The van der Waals surface area contributed by atoms with Gasteiger partial charge in [0.1, 0.15) is 5.75 Å². The predicted molar refractivity (Wildman–Crippen MR) is 89.3 cm³/mol. The molecule has 2 nitrogen and oxygen atoms in total. The summed E-state index contributed by atoms with van der Waals surface area (Å²) in [5.41, 5.74) is 8.31. The molecule has 0 aliphatic heterocycles. The largest absolute Gasteiger partial charge is 0.497 e. The zero-order valence-electron chi connectivity index (χ0n) is 11.6. The zero-order valence-corrected chi connectivity index (χ0v) is 14.0. The molecule has 0 fully saturated rings. The van der Waals surface area contributed by atoms with Gasteiger partial charge in [-0.1, -0.05) is 28.1 Å². The van der Waals surface area contributed by atoms with Crippen molar-refractivity contribution >= 4 is 27.7 Å². The fourth-order valence-corrected chi connectivity index (χ4v) is 3.36. The number of hydrogen-bond acceptors (Lipinski definition) is 3. The van der Waals surface area contributed by atoms with E-state index in [9.17, 15) is 0 Å². The molecular formula is C16H18BrNOS. The van der Waals surface area contributed by atoms with Crippen LogP contribution < -0.4 is 10.5 Å².